The summed E-state index contributed by atoms with van der Waals surface area (Å²) in [6, 6.07) is 6.42. The van der Waals surface area contributed by atoms with Crippen LogP contribution in [-0.2, 0) is 9.53 Å². The number of benzene rings is 1. The number of anilines is 1. The van der Waals surface area contributed by atoms with E-state index in [9.17, 15) is 14.9 Å². The summed E-state index contributed by atoms with van der Waals surface area (Å²) in [5, 5.41) is 23.3. The first-order valence-electron chi connectivity index (χ1n) is 6.92. The van der Waals surface area contributed by atoms with Gasteiger partial charge in [0.15, 0.2) is 0 Å². The molecule has 1 aromatic carbocycles. The van der Waals surface area contributed by atoms with Gasteiger partial charge in [-0.1, -0.05) is 6.07 Å². The smallest absolute Gasteiger partial charge is 0.293 e. The molecule has 1 aromatic rings. The highest BCUT2D eigenvalue weighted by Gasteiger charge is 2.21. The standard InChI is InChI=1S/C14H15N5O4/c15-4-3-14(20)17-16-10-11-1-2-12(13(9-11)19(21)22)18-5-7-23-8-6-18/h1-2,9-10H,3,5-8H2,(H,17,20)/b16-10-. The maximum absolute atomic E-state index is 11.3. The summed E-state index contributed by atoms with van der Waals surface area (Å²) in [4.78, 5) is 23.8. The Hall–Kier alpha value is -2.99. The first kappa shape index (κ1) is 16.4. The molecule has 23 heavy (non-hydrogen) atoms. The van der Waals surface area contributed by atoms with Gasteiger partial charge in [0.1, 0.15) is 12.1 Å². The number of hydrazone groups is 1. The number of rotatable bonds is 5. The van der Waals surface area contributed by atoms with Crippen LogP contribution in [0.15, 0.2) is 23.3 Å². The summed E-state index contributed by atoms with van der Waals surface area (Å²) in [7, 11) is 0. The number of morpholine rings is 1. The molecule has 1 heterocycles. The topological polar surface area (TPSA) is 121 Å². The van der Waals surface area contributed by atoms with Crippen molar-refractivity contribution in [2.45, 2.75) is 6.42 Å². The van der Waals surface area contributed by atoms with Crippen LogP contribution in [-0.4, -0.2) is 43.3 Å². The molecule has 1 fully saturated rings. The Morgan fingerprint density at radius 1 is 1.52 bits per heavy atom. The molecule has 2 rings (SSSR count). The van der Waals surface area contributed by atoms with Gasteiger partial charge in [-0.15, -0.1) is 0 Å². The fourth-order valence-electron chi connectivity index (χ4n) is 2.13. The maximum Gasteiger partial charge on any atom is 0.293 e. The van der Waals surface area contributed by atoms with E-state index < -0.39 is 10.8 Å². The maximum atomic E-state index is 11.3. The summed E-state index contributed by atoms with van der Waals surface area (Å²) in [6.45, 7) is 2.26. The molecular formula is C14H15N5O4. The van der Waals surface area contributed by atoms with E-state index in [-0.39, 0.29) is 12.1 Å². The van der Waals surface area contributed by atoms with Crippen LogP contribution in [0.25, 0.3) is 0 Å². The van der Waals surface area contributed by atoms with E-state index in [4.69, 9.17) is 10.00 Å². The molecule has 1 amide bonds. The van der Waals surface area contributed by atoms with Gasteiger partial charge in [0.2, 0.25) is 0 Å². The number of nitrogens with one attached hydrogen (secondary N) is 1. The van der Waals surface area contributed by atoms with Gasteiger partial charge in [-0.25, -0.2) is 5.43 Å². The van der Waals surface area contributed by atoms with Crippen LogP contribution in [0.1, 0.15) is 12.0 Å². The second-order valence-electron chi connectivity index (χ2n) is 4.73. The first-order valence-corrected chi connectivity index (χ1v) is 6.92. The van der Waals surface area contributed by atoms with Gasteiger partial charge in [-0.2, -0.15) is 10.4 Å². The third kappa shape index (κ3) is 4.49. The van der Waals surface area contributed by atoms with Gasteiger partial charge in [0.05, 0.1) is 30.4 Å². The van der Waals surface area contributed by atoms with Crippen molar-refractivity contribution in [1.82, 2.24) is 5.43 Å². The minimum absolute atomic E-state index is 0.0285. The molecule has 0 saturated carbocycles. The second kappa shape index (κ2) is 7.86. The highest BCUT2D eigenvalue weighted by molar-refractivity contribution is 5.85. The molecule has 0 radical (unpaired) electrons. The van der Waals surface area contributed by atoms with Crippen molar-refractivity contribution in [3.05, 3.63) is 33.9 Å². The molecule has 0 aliphatic carbocycles. The number of hydrogen-bond donors (Lipinski definition) is 1. The number of nitrogens with zero attached hydrogens (tertiary/aromatic N) is 4. The Morgan fingerprint density at radius 3 is 2.91 bits per heavy atom. The first-order chi connectivity index (χ1) is 11.1. The number of nitro groups is 1. The third-order valence-electron chi connectivity index (χ3n) is 3.19. The predicted molar refractivity (Wildman–Crippen MR) is 82.1 cm³/mol. The normalized spacial score (nSPS) is 14.5. The number of hydrogen-bond acceptors (Lipinski definition) is 7. The van der Waals surface area contributed by atoms with E-state index in [2.05, 4.69) is 10.5 Å². The van der Waals surface area contributed by atoms with E-state index >= 15 is 0 Å². The lowest BCUT2D eigenvalue weighted by atomic mass is 10.1. The Bertz CT molecular complexity index is 662. The van der Waals surface area contributed by atoms with Gasteiger partial charge in [-0.05, 0) is 6.07 Å². The molecule has 9 heteroatoms. The summed E-state index contributed by atoms with van der Waals surface area (Å²) in [5.41, 5.74) is 3.15. The minimum Gasteiger partial charge on any atom is -0.378 e. The number of carbonyl (C=O) groups is 1. The van der Waals surface area contributed by atoms with Gasteiger partial charge in [-0.3, -0.25) is 14.9 Å². The summed E-state index contributed by atoms with van der Waals surface area (Å²) < 4.78 is 5.24. The summed E-state index contributed by atoms with van der Waals surface area (Å²) in [5.74, 6) is -0.539. The van der Waals surface area contributed by atoms with Crippen LogP contribution >= 0.6 is 0 Å². The fourth-order valence-corrected chi connectivity index (χ4v) is 2.13. The predicted octanol–water partition coefficient (Wildman–Crippen LogP) is 0.795. The molecule has 1 saturated heterocycles. The monoisotopic (exact) mass is 317 g/mol. The molecule has 0 aromatic heterocycles. The van der Waals surface area contributed by atoms with Crippen LogP contribution in [0.4, 0.5) is 11.4 Å². The molecule has 0 spiro atoms. The van der Waals surface area contributed by atoms with Crippen molar-refractivity contribution in [3.63, 3.8) is 0 Å². The molecule has 0 bridgehead atoms. The van der Waals surface area contributed by atoms with Gasteiger partial charge in [0.25, 0.3) is 11.6 Å². The van der Waals surface area contributed by atoms with Crippen molar-refractivity contribution in [3.8, 4) is 6.07 Å². The van der Waals surface area contributed by atoms with Crippen molar-refractivity contribution in [1.29, 1.82) is 5.26 Å². The van der Waals surface area contributed by atoms with Crippen molar-refractivity contribution >= 4 is 23.5 Å². The zero-order chi connectivity index (χ0) is 16.7. The van der Waals surface area contributed by atoms with Crippen molar-refractivity contribution in [2.75, 3.05) is 31.2 Å². The number of nitro benzene ring substituents is 1. The van der Waals surface area contributed by atoms with Crippen LogP contribution in [0, 0.1) is 21.4 Å². The number of ether oxygens (including phenoxy) is 1. The van der Waals surface area contributed by atoms with Crippen LogP contribution in [0.3, 0.4) is 0 Å². The van der Waals surface area contributed by atoms with Gasteiger partial charge in [0, 0.05) is 24.7 Å². The largest absolute Gasteiger partial charge is 0.378 e. The summed E-state index contributed by atoms with van der Waals surface area (Å²) >= 11 is 0. The third-order valence-corrected chi connectivity index (χ3v) is 3.19. The zero-order valence-corrected chi connectivity index (χ0v) is 12.3. The molecule has 120 valence electrons. The lowest BCUT2D eigenvalue weighted by Gasteiger charge is -2.28. The Kier molecular flexibility index (Phi) is 5.60. The molecule has 1 aliphatic rings. The highest BCUT2D eigenvalue weighted by Crippen LogP contribution is 2.29. The minimum atomic E-state index is -0.539. The molecule has 9 nitrogen and oxygen atoms in total. The van der Waals surface area contributed by atoms with Crippen LogP contribution < -0.4 is 10.3 Å². The van der Waals surface area contributed by atoms with E-state index in [0.29, 0.717) is 37.6 Å². The fraction of sp³-hybridized carbons (Fsp3) is 0.357. The molecule has 1 N–H and O–H groups in total. The summed E-state index contributed by atoms with van der Waals surface area (Å²) in [6.07, 6.45) is 0.999. The zero-order valence-electron chi connectivity index (χ0n) is 12.3. The number of amides is 1. The SMILES string of the molecule is N#CCC(=O)N/N=C\c1ccc(N2CCOCC2)c([N+](=O)[O-])c1. The van der Waals surface area contributed by atoms with Gasteiger partial charge >= 0.3 is 0 Å². The quantitative estimate of drug-likeness (QED) is 0.487. The molecular weight excluding hydrogens is 302 g/mol. The molecule has 0 unspecified atom stereocenters. The van der Waals surface area contributed by atoms with E-state index in [1.165, 1.54) is 12.3 Å². The number of nitriles is 1. The van der Waals surface area contributed by atoms with Gasteiger partial charge < -0.3 is 9.64 Å². The number of carbonyl (C=O) groups excluding carboxylic acids is 1. The molecule has 0 atom stereocenters. The van der Waals surface area contributed by atoms with E-state index in [1.54, 1.807) is 18.2 Å². The Morgan fingerprint density at radius 2 is 2.26 bits per heavy atom. The second-order valence-corrected chi connectivity index (χ2v) is 4.73. The Labute approximate surface area is 132 Å². The van der Waals surface area contributed by atoms with E-state index in [1.807, 2.05) is 4.90 Å². The van der Waals surface area contributed by atoms with Crippen molar-refractivity contribution in [2.24, 2.45) is 5.10 Å². The molecule has 1 aliphatic heterocycles. The lowest BCUT2D eigenvalue weighted by molar-refractivity contribution is -0.384. The van der Waals surface area contributed by atoms with E-state index in [0.717, 1.165) is 0 Å². The lowest BCUT2D eigenvalue weighted by Crippen LogP contribution is -2.36. The van der Waals surface area contributed by atoms with Crippen LogP contribution in [0.5, 0.6) is 0 Å². The van der Waals surface area contributed by atoms with Crippen molar-refractivity contribution < 1.29 is 14.5 Å². The van der Waals surface area contributed by atoms with Crippen LogP contribution in [0.2, 0.25) is 0 Å². The highest BCUT2D eigenvalue weighted by atomic mass is 16.6. The average molecular weight is 317 g/mol. The Balaban J connectivity index is 2.15. The average Bonchev–Trinajstić information content (AvgIpc) is 2.56.